The monoisotopic (exact) mass is 383 g/mol. The zero-order valence-corrected chi connectivity index (χ0v) is 15.9. The van der Waals surface area contributed by atoms with Crippen LogP contribution in [0.25, 0.3) is 0 Å². The second kappa shape index (κ2) is 10.1. The maximum Gasteiger partial charge on any atom is 0.119 e. The van der Waals surface area contributed by atoms with Crippen molar-refractivity contribution in [1.82, 2.24) is 4.90 Å². The van der Waals surface area contributed by atoms with Gasteiger partial charge >= 0.3 is 0 Å². The molecule has 0 fully saturated rings. The Kier molecular flexibility index (Phi) is 7.26. The summed E-state index contributed by atoms with van der Waals surface area (Å²) >= 11 is 5.99. The minimum atomic E-state index is -0.479. The molecule has 4 heteroatoms. The van der Waals surface area contributed by atoms with E-state index in [1.807, 2.05) is 72.8 Å². The highest BCUT2D eigenvalue weighted by molar-refractivity contribution is 6.30. The molecule has 0 aliphatic rings. The first-order valence-corrected chi connectivity index (χ1v) is 9.38. The van der Waals surface area contributed by atoms with Crippen molar-refractivity contribution in [2.45, 2.75) is 19.1 Å². The zero-order chi connectivity index (χ0) is 18.9. The highest BCUT2D eigenvalue weighted by atomic mass is 35.5. The Morgan fingerprint density at radius 3 is 1.93 bits per heavy atom. The number of nitrogens with zero attached hydrogens (tertiary/aromatic N) is 1. The van der Waals surface area contributed by atoms with Gasteiger partial charge in [-0.3, -0.25) is 4.90 Å². The van der Waals surface area contributed by atoms with E-state index in [4.69, 9.17) is 16.3 Å². The Bertz CT molecular complexity index is 796. The molecule has 0 radical (unpaired) electrons. The molecule has 0 aliphatic carbocycles. The van der Waals surface area contributed by atoms with E-state index in [-0.39, 0.29) is 6.04 Å². The van der Waals surface area contributed by atoms with Gasteiger partial charge in [0.1, 0.15) is 19.0 Å². The van der Waals surface area contributed by atoms with Gasteiger partial charge in [0.05, 0.1) is 6.04 Å². The summed E-state index contributed by atoms with van der Waals surface area (Å²) in [4.78, 5) is 2.11. The molecule has 3 rings (SSSR count). The van der Waals surface area contributed by atoms with Gasteiger partial charge in [-0.2, -0.15) is 0 Å². The molecule has 0 amide bonds. The minimum absolute atomic E-state index is 0.293. The number of hydrogen-bond donors (Lipinski definition) is 0. The molecule has 0 spiro atoms. The summed E-state index contributed by atoms with van der Waals surface area (Å²) < 4.78 is 19.8. The lowest BCUT2D eigenvalue weighted by Crippen LogP contribution is -2.40. The molecule has 1 unspecified atom stereocenters. The number of rotatable bonds is 9. The minimum Gasteiger partial charge on any atom is -0.492 e. The SMILES string of the molecule is FCC(COc1ccccc1)N(Cc1ccccc1)Cc1ccc(Cl)cc1. The number of para-hydroxylation sites is 1. The van der Waals surface area contributed by atoms with Gasteiger partial charge in [-0.05, 0) is 35.4 Å². The van der Waals surface area contributed by atoms with Crippen molar-refractivity contribution in [3.63, 3.8) is 0 Å². The largest absolute Gasteiger partial charge is 0.492 e. The van der Waals surface area contributed by atoms with Crippen molar-refractivity contribution in [3.05, 3.63) is 101 Å². The summed E-state index contributed by atoms with van der Waals surface area (Å²) in [5.74, 6) is 0.752. The molecule has 0 saturated carbocycles. The quantitative estimate of drug-likeness (QED) is 0.465. The first kappa shape index (κ1) is 19.4. The van der Waals surface area contributed by atoms with Gasteiger partial charge in [0.2, 0.25) is 0 Å². The zero-order valence-electron chi connectivity index (χ0n) is 15.1. The van der Waals surface area contributed by atoms with Gasteiger partial charge in [-0.15, -0.1) is 0 Å². The summed E-state index contributed by atoms with van der Waals surface area (Å²) in [6.45, 7) is 1.09. The van der Waals surface area contributed by atoms with E-state index in [1.165, 1.54) is 0 Å². The maximum atomic E-state index is 13.9. The summed E-state index contributed by atoms with van der Waals surface area (Å²) in [6, 6.07) is 27.0. The number of benzene rings is 3. The Hall–Kier alpha value is -2.36. The molecular weight excluding hydrogens is 361 g/mol. The molecule has 2 nitrogen and oxygen atoms in total. The van der Waals surface area contributed by atoms with E-state index in [0.717, 1.165) is 16.9 Å². The van der Waals surface area contributed by atoms with E-state index in [9.17, 15) is 4.39 Å². The highest BCUT2D eigenvalue weighted by Crippen LogP contribution is 2.18. The van der Waals surface area contributed by atoms with E-state index >= 15 is 0 Å². The first-order chi connectivity index (χ1) is 13.2. The lowest BCUT2D eigenvalue weighted by Gasteiger charge is -2.30. The predicted octanol–water partition coefficient (Wildman–Crippen LogP) is 5.76. The number of halogens is 2. The van der Waals surface area contributed by atoms with Crippen molar-refractivity contribution in [3.8, 4) is 5.75 Å². The van der Waals surface area contributed by atoms with Gasteiger partial charge in [0.25, 0.3) is 0 Å². The summed E-state index contributed by atoms with van der Waals surface area (Å²) in [7, 11) is 0. The van der Waals surface area contributed by atoms with Crippen LogP contribution in [-0.2, 0) is 13.1 Å². The molecule has 0 N–H and O–H groups in total. The molecule has 1 atom stereocenters. The molecule has 0 saturated heterocycles. The second-order valence-electron chi connectivity index (χ2n) is 6.45. The third-order valence-corrected chi connectivity index (χ3v) is 4.66. The Labute approximate surface area is 165 Å². The molecule has 0 heterocycles. The van der Waals surface area contributed by atoms with Crippen molar-refractivity contribution < 1.29 is 9.13 Å². The highest BCUT2D eigenvalue weighted by Gasteiger charge is 2.20. The molecule has 140 valence electrons. The Morgan fingerprint density at radius 2 is 1.33 bits per heavy atom. The molecule has 27 heavy (non-hydrogen) atoms. The molecule has 3 aromatic carbocycles. The standard InChI is InChI=1S/C23H23ClFNO/c24-21-13-11-20(12-14-21)17-26(16-19-7-3-1-4-8-19)22(15-25)18-27-23-9-5-2-6-10-23/h1-14,22H,15-18H2. The van der Waals surface area contributed by atoms with Gasteiger partial charge in [0.15, 0.2) is 0 Å². The molecule has 0 bridgehead atoms. The van der Waals surface area contributed by atoms with Crippen LogP contribution in [0.4, 0.5) is 4.39 Å². The van der Waals surface area contributed by atoms with Crippen LogP contribution >= 0.6 is 11.6 Å². The van der Waals surface area contributed by atoms with E-state index in [2.05, 4.69) is 17.0 Å². The number of hydrogen-bond acceptors (Lipinski definition) is 2. The van der Waals surface area contributed by atoms with Crippen molar-refractivity contribution in [2.75, 3.05) is 13.3 Å². The average molecular weight is 384 g/mol. The van der Waals surface area contributed by atoms with Crippen LogP contribution in [0.1, 0.15) is 11.1 Å². The smallest absolute Gasteiger partial charge is 0.119 e. The predicted molar refractivity (Wildman–Crippen MR) is 109 cm³/mol. The van der Waals surface area contributed by atoms with E-state index in [1.54, 1.807) is 0 Å². The lowest BCUT2D eigenvalue weighted by molar-refractivity contribution is 0.0995. The summed E-state index contributed by atoms with van der Waals surface area (Å²) in [5.41, 5.74) is 2.23. The Morgan fingerprint density at radius 1 is 0.778 bits per heavy atom. The lowest BCUT2D eigenvalue weighted by atomic mass is 10.1. The first-order valence-electron chi connectivity index (χ1n) is 9.01. The topological polar surface area (TPSA) is 12.5 Å². The molecule has 0 aromatic heterocycles. The van der Waals surface area contributed by atoms with Crippen molar-refractivity contribution >= 4 is 11.6 Å². The number of ether oxygens (including phenoxy) is 1. The van der Waals surface area contributed by atoms with Gasteiger partial charge in [0, 0.05) is 18.1 Å². The third-order valence-electron chi connectivity index (χ3n) is 4.41. The fourth-order valence-corrected chi connectivity index (χ4v) is 3.04. The van der Waals surface area contributed by atoms with Crippen LogP contribution in [-0.4, -0.2) is 24.2 Å². The third kappa shape index (κ3) is 6.09. The fraction of sp³-hybridized carbons (Fsp3) is 0.217. The van der Waals surface area contributed by atoms with Gasteiger partial charge < -0.3 is 4.74 Å². The molecule has 3 aromatic rings. The van der Waals surface area contributed by atoms with Crippen LogP contribution in [0.15, 0.2) is 84.9 Å². The van der Waals surface area contributed by atoms with E-state index < -0.39 is 6.67 Å². The summed E-state index contributed by atoms with van der Waals surface area (Å²) in [6.07, 6.45) is 0. The Balaban J connectivity index is 1.74. The van der Waals surface area contributed by atoms with E-state index in [0.29, 0.717) is 24.7 Å². The average Bonchev–Trinajstić information content (AvgIpc) is 2.71. The van der Waals surface area contributed by atoms with Crippen LogP contribution < -0.4 is 4.74 Å². The number of alkyl halides is 1. The molecule has 0 aliphatic heterocycles. The maximum absolute atomic E-state index is 13.9. The molecular formula is C23H23ClFNO. The van der Waals surface area contributed by atoms with Gasteiger partial charge in [-0.1, -0.05) is 72.3 Å². The van der Waals surface area contributed by atoms with Crippen LogP contribution in [0.2, 0.25) is 5.02 Å². The second-order valence-corrected chi connectivity index (χ2v) is 6.89. The van der Waals surface area contributed by atoms with Crippen molar-refractivity contribution in [1.29, 1.82) is 0 Å². The van der Waals surface area contributed by atoms with Crippen LogP contribution in [0, 0.1) is 0 Å². The fourth-order valence-electron chi connectivity index (χ4n) is 2.91. The summed E-state index contributed by atoms with van der Waals surface area (Å²) in [5, 5.41) is 0.697. The van der Waals surface area contributed by atoms with Crippen LogP contribution in [0.3, 0.4) is 0 Å². The van der Waals surface area contributed by atoms with Crippen LogP contribution in [0.5, 0.6) is 5.75 Å². The normalized spacial score (nSPS) is 12.1. The van der Waals surface area contributed by atoms with Crippen molar-refractivity contribution in [2.24, 2.45) is 0 Å². The van der Waals surface area contributed by atoms with Gasteiger partial charge in [-0.25, -0.2) is 4.39 Å².